The van der Waals surface area contributed by atoms with E-state index in [2.05, 4.69) is 17.3 Å². The highest BCUT2D eigenvalue weighted by Crippen LogP contribution is 2.27. The zero-order valence-electron chi connectivity index (χ0n) is 7.76. The van der Waals surface area contributed by atoms with Gasteiger partial charge in [-0.1, -0.05) is 18.5 Å². The standard InChI is InChI=1S/C9H14ClN3/c1-2-3-13-9(7-4-11-5-7)8(10)6-12-13/h6-7,11H,2-5H2,1H3. The first-order valence-electron chi connectivity index (χ1n) is 4.75. The second kappa shape index (κ2) is 3.68. The number of aromatic nitrogens is 2. The maximum atomic E-state index is 6.08. The third kappa shape index (κ3) is 1.58. The van der Waals surface area contributed by atoms with E-state index in [1.165, 1.54) is 5.69 Å². The summed E-state index contributed by atoms with van der Waals surface area (Å²) in [5.74, 6) is 0.571. The van der Waals surface area contributed by atoms with Crippen LogP contribution in [0.4, 0.5) is 0 Å². The first-order chi connectivity index (χ1) is 6.33. The molecule has 1 N–H and O–H groups in total. The van der Waals surface area contributed by atoms with Crippen molar-refractivity contribution in [2.75, 3.05) is 13.1 Å². The fraction of sp³-hybridized carbons (Fsp3) is 0.667. The SMILES string of the molecule is CCCn1ncc(Cl)c1C1CNC1. The molecule has 0 saturated carbocycles. The van der Waals surface area contributed by atoms with Gasteiger partial charge >= 0.3 is 0 Å². The van der Waals surface area contributed by atoms with Gasteiger partial charge in [0.1, 0.15) is 0 Å². The Morgan fingerprint density at radius 3 is 3.00 bits per heavy atom. The maximum absolute atomic E-state index is 6.08. The fourth-order valence-corrected chi connectivity index (χ4v) is 1.95. The van der Waals surface area contributed by atoms with Gasteiger partial charge in [-0.2, -0.15) is 5.10 Å². The van der Waals surface area contributed by atoms with Crippen LogP contribution in [-0.2, 0) is 6.54 Å². The molecule has 2 rings (SSSR count). The number of nitrogens with one attached hydrogen (secondary N) is 1. The third-order valence-electron chi connectivity index (χ3n) is 2.44. The smallest absolute Gasteiger partial charge is 0.0821 e. The Bertz CT molecular complexity index is 291. The molecule has 0 aromatic carbocycles. The van der Waals surface area contributed by atoms with Crippen molar-refractivity contribution in [3.63, 3.8) is 0 Å². The van der Waals surface area contributed by atoms with E-state index in [9.17, 15) is 0 Å². The normalized spacial score (nSPS) is 17.4. The molecule has 0 amide bonds. The van der Waals surface area contributed by atoms with Crippen molar-refractivity contribution in [3.05, 3.63) is 16.9 Å². The predicted octanol–water partition coefficient (Wildman–Crippen LogP) is 1.63. The van der Waals surface area contributed by atoms with Crippen LogP contribution in [0.5, 0.6) is 0 Å². The van der Waals surface area contributed by atoms with Gasteiger partial charge in [-0.3, -0.25) is 4.68 Å². The molecule has 1 aromatic rings. The number of aryl methyl sites for hydroxylation is 1. The van der Waals surface area contributed by atoms with E-state index in [-0.39, 0.29) is 0 Å². The van der Waals surface area contributed by atoms with Crippen LogP contribution in [-0.4, -0.2) is 22.9 Å². The molecule has 72 valence electrons. The minimum Gasteiger partial charge on any atom is -0.315 e. The predicted molar refractivity (Wildman–Crippen MR) is 53.1 cm³/mol. The van der Waals surface area contributed by atoms with Gasteiger partial charge in [0.2, 0.25) is 0 Å². The Morgan fingerprint density at radius 1 is 1.69 bits per heavy atom. The van der Waals surface area contributed by atoms with E-state index >= 15 is 0 Å². The van der Waals surface area contributed by atoms with Crippen molar-refractivity contribution in [2.45, 2.75) is 25.8 Å². The number of halogens is 1. The van der Waals surface area contributed by atoms with Gasteiger partial charge in [0.15, 0.2) is 0 Å². The highest BCUT2D eigenvalue weighted by atomic mass is 35.5. The van der Waals surface area contributed by atoms with Crippen LogP contribution in [0.3, 0.4) is 0 Å². The largest absolute Gasteiger partial charge is 0.315 e. The summed E-state index contributed by atoms with van der Waals surface area (Å²) in [6, 6.07) is 0. The number of nitrogens with zero attached hydrogens (tertiary/aromatic N) is 2. The van der Waals surface area contributed by atoms with Gasteiger partial charge in [-0.15, -0.1) is 0 Å². The lowest BCUT2D eigenvalue weighted by Crippen LogP contribution is -2.41. The summed E-state index contributed by atoms with van der Waals surface area (Å²) < 4.78 is 2.04. The molecule has 1 aliphatic rings. The fourth-order valence-electron chi connectivity index (χ4n) is 1.65. The highest BCUT2D eigenvalue weighted by Gasteiger charge is 2.25. The zero-order valence-corrected chi connectivity index (χ0v) is 8.51. The van der Waals surface area contributed by atoms with Gasteiger partial charge in [0, 0.05) is 25.6 Å². The molecule has 0 radical (unpaired) electrons. The van der Waals surface area contributed by atoms with Gasteiger partial charge < -0.3 is 5.32 Å². The Kier molecular flexibility index (Phi) is 2.56. The van der Waals surface area contributed by atoms with E-state index in [0.29, 0.717) is 5.92 Å². The molecule has 0 aliphatic carbocycles. The molecule has 4 heteroatoms. The average Bonchev–Trinajstić information content (AvgIpc) is 2.34. The first kappa shape index (κ1) is 9.03. The minimum atomic E-state index is 0.571. The topological polar surface area (TPSA) is 29.9 Å². The molecule has 1 aromatic heterocycles. The van der Waals surface area contributed by atoms with Crippen LogP contribution in [0.2, 0.25) is 5.02 Å². The summed E-state index contributed by atoms with van der Waals surface area (Å²) in [4.78, 5) is 0. The highest BCUT2D eigenvalue weighted by molar-refractivity contribution is 6.31. The lowest BCUT2D eigenvalue weighted by Gasteiger charge is -2.28. The van der Waals surface area contributed by atoms with Crippen molar-refractivity contribution in [2.24, 2.45) is 0 Å². The van der Waals surface area contributed by atoms with Crippen LogP contribution in [0.1, 0.15) is 25.0 Å². The number of rotatable bonds is 3. The van der Waals surface area contributed by atoms with Crippen LogP contribution >= 0.6 is 11.6 Å². The van der Waals surface area contributed by atoms with Crippen molar-refractivity contribution in [1.29, 1.82) is 0 Å². The Hall–Kier alpha value is -0.540. The molecule has 3 nitrogen and oxygen atoms in total. The van der Waals surface area contributed by atoms with Crippen molar-refractivity contribution in [3.8, 4) is 0 Å². The molecule has 0 bridgehead atoms. The summed E-state index contributed by atoms with van der Waals surface area (Å²) in [5.41, 5.74) is 1.21. The van der Waals surface area contributed by atoms with Crippen LogP contribution in [0.25, 0.3) is 0 Å². The lowest BCUT2D eigenvalue weighted by molar-refractivity contribution is 0.412. The molecule has 0 spiro atoms. The van der Waals surface area contributed by atoms with Crippen LogP contribution in [0, 0.1) is 0 Å². The van der Waals surface area contributed by atoms with Gasteiger partial charge in [-0.05, 0) is 6.42 Å². The number of hydrogen-bond acceptors (Lipinski definition) is 2. The Morgan fingerprint density at radius 2 is 2.46 bits per heavy atom. The van der Waals surface area contributed by atoms with E-state index in [1.807, 2.05) is 4.68 Å². The van der Waals surface area contributed by atoms with Gasteiger partial charge in [0.05, 0.1) is 16.9 Å². The Balaban J connectivity index is 2.23. The average molecular weight is 200 g/mol. The quantitative estimate of drug-likeness (QED) is 0.802. The Labute approximate surface area is 83.1 Å². The minimum absolute atomic E-state index is 0.571. The molecule has 1 fully saturated rings. The van der Waals surface area contributed by atoms with E-state index in [1.54, 1.807) is 6.20 Å². The monoisotopic (exact) mass is 199 g/mol. The summed E-state index contributed by atoms with van der Waals surface area (Å²) in [6.45, 7) is 5.20. The van der Waals surface area contributed by atoms with Crippen molar-refractivity contribution < 1.29 is 0 Å². The molecule has 1 saturated heterocycles. The molecule has 0 unspecified atom stereocenters. The molecule has 1 aliphatic heterocycles. The van der Waals surface area contributed by atoms with Crippen LogP contribution in [0.15, 0.2) is 6.20 Å². The first-order valence-corrected chi connectivity index (χ1v) is 5.12. The second-order valence-corrected chi connectivity index (χ2v) is 3.86. The molecular formula is C9H14ClN3. The van der Waals surface area contributed by atoms with Crippen LogP contribution < -0.4 is 5.32 Å². The summed E-state index contributed by atoms with van der Waals surface area (Å²) in [6.07, 6.45) is 2.86. The molecular weight excluding hydrogens is 186 g/mol. The van der Waals surface area contributed by atoms with Crippen molar-refractivity contribution >= 4 is 11.6 Å². The van der Waals surface area contributed by atoms with Gasteiger partial charge in [-0.25, -0.2) is 0 Å². The maximum Gasteiger partial charge on any atom is 0.0821 e. The van der Waals surface area contributed by atoms with E-state index in [0.717, 1.165) is 31.1 Å². The number of hydrogen-bond donors (Lipinski definition) is 1. The van der Waals surface area contributed by atoms with E-state index in [4.69, 9.17) is 11.6 Å². The van der Waals surface area contributed by atoms with E-state index < -0.39 is 0 Å². The molecule has 2 heterocycles. The molecule has 0 atom stereocenters. The second-order valence-electron chi connectivity index (χ2n) is 3.46. The lowest BCUT2D eigenvalue weighted by atomic mass is 9.99. The molecule has 13 heavy (non-hydrogen) atoms. The summed E-state index contributed by atoms with van der Waals surface area (Å²) in [5, 5.41) is 8.33. The third-order valence-corrected chi connectivity index (χ3v) is 2.73. The van der Waals surface area contributed by atoms with Gasteiger partial charge in [0.25, 0.3) is 0 Å². The summed E-state index contributed by atoms with van der Waals surface area (Å²) in [7, 11) is 0. The van der Waals surface area contributed by atoms with Crippen molar-refractivity contribution in [1.82, 2.24) is 15.1 Å². The summed E-state index contributed by atoms with van der Waals surface area (Å²) >= 11 is 6.08. The zero-order chi connectivity index (χ0) is 9.26.